The molecule has 3 N–H and O–H groups in total. The third-order valence-corrected chi connectivity index (χ3v) is 4.19. The summed E-state index contributed by atoms with van der Waals surface area (Å²) in [5.74, 6) is 0.582. The Balaban J connectivity index is 1.94. The van der Waals surface area contributed by atoms with Gasteiger partial charge in [-0.1, -0.05) is 0 Å². The molecule has 118 valence electrons. The molecule has 0 fully saturated rings. The van der Waals surface area contributed by atoms with Crippen LogP contribution in [0.25, 0.3) is 10.2 Å². The number of benzene rings is 1. The topological polar surface area (TPSA) is 99.4 Å². The van der Waals surface area contributed by atoms with Gasteiger partial charge < -0.3 is 20.5 Å². The fraction of sp³-hybridized carbons (Fsp3) is 0.133. The summed E-state index contributed by atoms with van der Waals surface area (Å²) in [7, 11) is 3.00. The third kappa shape index (κ3) is 2.76. The Bertz CT molecular complexity index is 853. The Morgan fingerprint density at radius 2 is 1.96 bits per heavy atom. The number of carbonyl (C=O) groups excluding carboxylic acids is 1. The average Bonchev–Trinajstić information content (AvgIpc) is 3.00. The van der Waals surface area contributed by atoms with Crippen molar-refractivity contribution in [1.29, 1.82) is 0 Å². The molecule has 0 bridgehead atoms. The van der Waals surface area contributed by atoms with Gasteiger partial charge in [-0.15, -0.1) is 11.3 Å². The molecule has 0 aliphatic rings. The number of hydrogen-bond acceptors (Lipinski definition) is 7. The molecule has 8 heteroatoms. The molecule has 0 atom stereocenters. The first kappa shape index (κ1) is 15.0. The summed E-state index contributed by atoms with van der Waals surface area (Å²) < 4.78 is 11.2. The predicted octanol–water partition coefficient (Wildman–Crippen LogP) is 2.54. The van der Waals surface area contributed by atoms with Crippen molar-refractivity contribution in [3.05, 3.63) is 35.6 Å². The monoisotopic (exact) mass is 330 g/mol. The number of nitrogens with one attached hydrogen (secondary N) is 1. The van der Waals surface area contributed by atoms with Crippen LogP contribution in [0.5, 0.6) is 11.5 Å². The number of anilines is 2. The number of carbonyl (C=O) groups is 1. The zero-order valence-electron chi connectivity index (χ0n) is 12.5. The van der Waals surface area contributed by atoms with E-state index in [4.69, 9.17) is 15.2 Å². The van der Waals surface area contributed by atoms with Gasteiger partial charge in [-0.2, -0.15) is 0 Å². The lowest BCUT2D eigenvalue weighted by Gasteiger charge is -2.12. The quantitative estimate of drug-likeness (QED) is 0.713. The van der Waals surface area contributed by atoms with Crippen molar-refractivity contribution in [3.63, 3.8) is 0 Å². The van der Waals surface area contributed by atoms with Gasteiger partial charge in [0.05, 0.1) is 30.0 Å². The molecular weight excluding hydrogens is 316 g/mol. The second-order valence-corrected chi connectivity index (χ2v) is 5.54. The van der Waals surface area contributed by atoms with E-state index in [1.54, 1.807) is 23.7 Å². The molecule has 0 saturated heterocycles. The number of nitrogen functional groups attached to an aromatic ring is 1. The van der Waals surface area contributed by atoms with Gasteiger partial charge in [0.15, 0.2) is 0 Å². The Labute approximate surface area is 136 Å². The minimum Gasteiger partial charge on any atom is -0.494 e. The highest BCUT2D eigenvalue weighted by molar-refractivity contribution is 7.17. The van der Waals surface area contributed by atoms with Crippen LogP contribution in [0.1, 0.15) is 10.4 Å². The van der Waals surface area contributed by atoms with Gasteiger partial charge in [0.1, 0.15) is 23.5 Å². The molecule has 3 rings (SSSR count). The fourth-order valence-corrected chi connectivity index (χ4v) is 3.01. The predicted molar refractivity (Wildman–Crippen MR) is 89.3 cm³/mol. The molecule has 0 unspecified atom stereocenters. The lowest BCUT2D eigenvalue weighted by atomic mass is 10.2. The summed E-state index contributed by atoms with van der Waals surface area (Å²) in [6, 6.07) is 3.28. The number of aromatic nitrogens is 2. The number of methoxy groups -OCH3 is 2. The van der Waals surface area contributed by atoms with E-state index in [0.29, 0.717) is 34.0 Å². The lowest BCUT2D eigenvalue weighted by Crippen LogP contribution is -2.12. The number of fused-ring (bicyclic) bond motifs is 1. The van der Waals surface area contributed by atoms with Gasteiger partial charge in [0.25, 0.3) is 5.91 Å². The van der Waals surface area contributed by atoms with Gasteiger partial charge in [-0.25, -0.2) is 9.97 Å². The number of nitrogens with two attached hydrogens (primary N) is 1. The molecule has 0 radical (unpaired) electrons. The second kappa shape index (κ2) is 6.09. The van der Waals surface area contributed by atoms with Crippen molar-refractivity contribution in [2.75, 3.05) is 25.3 Å². The molecule has 0 aliphatic carbocycles. The third-order valence-electron chi connectivity index (χ3n) is 3.28. The normalized spacial score (nSPS) is 10.5. The van der Waals surface area contributed by atoms with Crippen LogP contribution in [0.4, 0.5) is 11.4 Å². The molecular formula is C15H14N4O3S. The number of rotatable bonds is 4. The minimum absolute atomic E-state index is 0.274. The van der Waals surface area contributed by atoms with Crippen LogP contribution < -0.4 is 20.5 Å². The van der Waals surface area contributed by atoms with Gasteiger partial charge in [0, 0.05) is 29.4 Å². The van der Waals surface area contributed by atoms with Crippen molar-refractivity contribution >= 4 is 38.8 Å². The highest BCUT2D eigenvalue weighted by Crippen LogP contribution is 2.35. The maximum absolute atomic E-state index is 12.5. The zero-order chi connectivity index (χ0) is 16.4. The summed E-state index contributed by atoms with van der Waals surface area (Å²) in [5.41, 5.74) is 7.90. The van der Waals surface area contributed by atoms with Gasteiger partial charge >= 0.3 is 0 Å². The van der Waals surface area contributed by atoms with Crippen LogP contribution in [0.15, 0.2) is 30.0 Å². The van der Waals surface area contributed by atoms with Crippen LogP contribution in [0, 0.1) is 0 Å². The van der Waals surface area contributed by atoms with Crippen LogP contribution in [0.2, 0.25) is 0 Å². The molecule has 0 aliphatic heterocycles. The Kier molecular flexibility index (Phi) is 3.98. The molecule has 3 aromatic rings. The summed E-state index contributed by atoms with van der Waals surface area (Å²) in [4.78, 5) is 20.6. The van der Waals surface area contributed by atoms with E-state index < -0.39 is 0 Å². The van der Waals surface area contributed by atoms with Crippen molar-refractivity contribution in [2.24, 2.45) is 0 Å². The number of ether oxygens (including phenoxy) is 2. The van der Waals surface area contributed by atoms with Crippen LogP contribution in [-0.4, -0.2) is 30.1 Å². The maximum atomic E-state index is 12.5. The first-order valence-electron chi connectivity index (χ1n) is 6.64. The summed E-state index contributed by atoms with van der Waals surface area (Å²) in [6.45, 7) is 0. The first-order chi connectivity index (χ1) is 11.1. The van der Waals surface area contributed by atoms with Crippen LogP contribution in [-0.2, 0) is 0 Å². The first-order valence-corrected chi connectivity index (χ1v) is 7.52. The number of hydrogen-bond donors (Lipinski definition) is 2. The molecule has 2 aromatic heterocycles. The van der Waals surface area contributed by atoms with Crippen LogP contribution in [0.3, 0.4) is 0 Å². The molecule has 1 aromatic carbocycles. The van der Waals surface area contributed by atoms with Crippen molar-refractivity contribution in [3.8, 4) is 11.5 Å². The Morgan fingerprint density at radius 3 is 2.61 bits per heavy atom. The highest BCUT2D eigenvalue weighted by atomic mass is 32.1. The summed E-state index contributed by atoms with van der Waals surface area (Å²) in [5, 5.41) is 4.56. The largest absolute Gasteiger partial charge is 0.494 e. The van der Waals surface area contributed by atoms with E-state index in [1.807, 2.05) is 0 Å². The number of nitrogens with zero attached hydrogens (tertiary/aromatic N) is 2. The molecule has 0 spiro atoms. The molecule has 1 amide bonds. The van der Waals surface area contributed by atoms with E-state index in [9.17, 15) is 4.79 Å². The van der Waals surface area contributed by atoms with Crippen molar-refractivity contribution in [2.45, 2.75) is 0 Å². The Hall–Kier alpha value is -2.87. The number of thiophene rings is 1. The van der Waals surface area contributed by atoms with E-state index in [2.05, 4.69) is 15.3 Å². The lowest BCUT2D eigenvalue weighted by molar-refractivity contribution is 0.102. The molecule has 2 heterocycles. The molecule has 7 nitrogen and oxygen atoms in total. The van der Waals surface area contributed by atoms with E-state index >= 15 is 0 Å². The average molecular weight is 330 g/mol. The zero-order valence-corrected chi connectivity index (χ0v) is 13.3. The Morgan fingerprint density at radius 1 is 1.26 bits per heavy atom. The molecule has 0 saturated carbocycles. The van der Waals surface area contributed by atoms with Gasteiger partial charge in [-0.05, 0) is 0 Å². The van der Waals surface area contributed by atoms with E-state index in [-0.39, 0.29) is 5.91 Å². The fourth-order valence-electron chi connectivity index (χ4n) is 2.15. The summed E-state index contributed by atoms with van der Waals surface area (Å²) in [6.07, 6.45) is 3.10. The van der Waals surface area contributed by atoms with Gasteiger partial charge in [0.2, 0.25) is 0 Å². The smallest absolute Gasteiger partial charge is 0.258 e. The number of amides is 1. The molecule has 23 heavy (non-hydrogen) atoms. The minimum atomic E-state index is -0.274. The second-order valence-electron chi connectivity index (χ2n) is 4.63. The van der Waals surface area contributed by atoms with Crippen molar-refractivity contribution in [1.82, 2.24) is 9.97 Å². The SMILES string of the molecule is COc1cc(NC(=O)c2csc3cncnc23)cc(OC)c1N. The summed E-state index contributed by atoms with van der Waals surface area (Å²) >= 11 is 1.42. The maximum Gasteiger partial charge on any atom is 0.258 e. The van der Waals surface area contributed by atoms with Crippen LogP contribution >= 0.6 is 11.3 Å². The standard InChI is InChI=1S/C15H14N4O3S/c1-21-10-3-8(4-11(22-2)13(10)16)19-15(20)9-6-23-12-5-17-7-18-14(9)12/h3-7H,16H2,1-2H3,(H,19,20). The van der Waals surface area contributed by atoms with E-state index in [1.165, 1.54) is 31.9 Å². The van der Waals surface area contributed by atoms with Crippen molar-refractivity contribution < 1.29 is 14.3 Å². The van der Waals surface area contributed by atoms with E-state index in [0.717, 1.165) is 4.70 Å². The van der Waals surface area contributed by atoms with Gasteiger partial charge in [-0.3, -0.25) is 4.79 Å². The highest BCUT2D eigenvalue weighted by Gasteiger charge is 2.16.